The van der Waals surface area contributed by atoms with Crippen molar-refractivity contribution in [2.24, 2.45) is 0 Å². The summed E-state index contributed by atoms with van der Waals surface area (Å²) in [6, 6.07) is 20.5. The molecule has 3 aromatic rings. The maximum atomic E-state index is 14.0. The van der Waals surface area contributed by atoms with Crippen LogP contribution in [0.3, 0.4) is 0 Å². The monoisotopic (exact) mass is 549 g/mol. The second-order valence-electron chi connectivity index (χ2n) is 10.0. The number of benzene rings is 3. The first-order chi connectivity index (χ1) is 18.4. The average Bonchev–Trinajstić information content (AvgIpc) is 2.92. The van der Waals surface area contributed by atoms with Crippen LogP contribution in [0.4, 0.5) is 5.69 Å². The van der Waals surface area contributed by atoms with Crippen LogP contribution in [-0.4, -0.2) is 43.8 Å². The third-order valence-electron chi connectivity index (χ3n) is 7.10. The Hall–Kier alpha value is -3.65. The minimum atomic E-state index is -4.10. The average molecular weight is 550 g/mol. The van der Waals surface area contributed by atoms with Crippen molar-refractivity contribution >= 4 is 27.5 Å². The first-order valence-electron chi connectivity index (χ1n) is 13.2. The summed E-state index contributed by atoms with van der Waals surface area (Å²) in [5, 5.41) is 2.95. The number of amides is 2. The van der Waals surface area contributed by atoms with Crippen LogP contribution in [0.1, 0.15) is 49.4 Å². The maximum Gasteiger partial charge on any atom is 0.264 e. The Bertz CT molecular complexity index is 1390. The van der Waals surface area contributed by atoms with Crippen LogP contribution in [0, 0.1) is 20.8 Å². The predicted octanol–water partition coefficient (Wildman–Crippen LogP) is 5.14. The van der Waals surface area contributed by atoms with E-state index in [2.05, 4.69) is 5.32 Å². The zero-order valence-electron chi connectivity index (χ0n) is 23.6. The molecule has 0 aromatic heterocycles. The number of hydrogen-bond acceptors (Lipinski definition) is 4. The molecule has 0 saturated heterocycles. The Balaban J connectivity index is 2.05. The number of hydrogen-bond donors (Lipinski definition) is 1. The van der Waals surface area contributed by atoms with Crippen molar-refractivity contribution in [3.8, 4) is 0 Å². The Morgan fingerprint density at radius 2 is 1.51 bits per heavy atom. The molecule has 0 radical (unpaired) electrons. The van der Waals surface area contributed by atoms with Gasteiger partial charge in [0.1, 0.15) is 12.6 Å². The lowest BCUT2D eigenvalue weighted by Gasteiger charge is -2.33. The molecule has 0 spiro atoms. The topological polar surface area (TPSA) is 86.8 Å². The van der Waals surface area contributed by atoms with Crippen LogP contribution in [0.2, 0.25) is 0 Å². The van der Waals surface area contributed by atoms with Gasteiger partial charge in [-0.1, -0.05) is 67.1 Å². The van der Waals surface area contributed by atoms with Crippen LogP contribution in [0.15, 0.2) is 77.7 Å². The number of carbonyl (C=O) groups is 2. The van der Waals surface area contributed by atoms with Crippen molar-refractivity contribution in [2.75, 3.05) is 10.8 Å². The Morgan fingerprint density at radius 1 is 0.872 bits per heavy atom. The van der Waals surface area contributed by atoms with Gasteiger partial charge in [0.2, 0.25) is 11.8 Å². The van der Waals surface area contributed by atoms with Crippen LogP contribution < -0.4 is 9.62 Å². The van der Waals surface area contributed by atoms with Crippen molar-refractivity contribution in [1.82, 2.24) is 10.2 Å². The molecular weight excluding hydrogens is 510 g/mol. The molecule has 3 rings (SSSR count). The van der Waals surface area contributed by atoms with Gasteiger partial charge in [0, 0.05) is 12.6 Å². The molecule has 39 heavy (non-hydrogen) atoms. The molecule has 7 nitrogen and oxygen atoms in total. The van der Waals surface area contributed by atoms with Gasteiger partial charge >= 0.3 is 0 Å². The fourth-order valence-corrected chi connectivity index (χ4v) is 5.66. The largest absolute Gasteiger partial charge is 0.352 e. The quantitative estimate of drug-likeness (QED) is 0.359. The molecule has 1 N–H and O–H groups in total. The van der Waals surface area contributed by atoms with Gasteiger partial charge in [0.25, 0.3) is 10.0 Å². The Labute approximate surface area is 232 Å². The van der Waals surface area contributed by atoms with Gasteiger partial charge in [0.05, 0.1) is 10.6 Å². The van der Waals surface area contributed by atoms with E-state index < -0.39 is 28.5 Å². The van der Waals surface area contributed by atoms with Gasteiger partial charge in [-0.25, -0.2) is 8.42 Å². The van der Waals surface area contributed by atoms with Gasteiger partial charge in [-0.2, -0.15) is 0 Å². The highest BCUT2D eigenvalue weighted by Crippen LogP contribution is 2.29. The highest BCUT2D eigenvalue weighted by Gasteiger charge is 2.33. The smallest absolute Gasteiger partial charge is 0.264 e. The molecule has 0 fully saturated rings. The van der Waals surface area contributed by atoms with Crippen LogP contribution in [0.5, 0.6) is 0 Å². The number of rotatable bonds is 11. The maximum absolute atomic E-state index is 14.0. The zero-order valence-corrected chi connectivity index (χ0v) is 24.5. The van der Waals surface area contributed by atoms with Crippen LogP contribution in [0.25, 0.3) is 0 Å². The summed E-state index contributed by atoms with van der Waals surface area (Å²) in [6.45, 7) is 10.9. The Morgan fingerprint density at radius 3 is 2.13 bits per heavy atom. The van der Waals surface area contributed by atoms with Crippen LogP contribution >= 0.6 is 0 Å². The van der Waals surface area contributed by atoms with E-state index in [4.69, 9.17) is 0 Å². The summed E-state index contributed by atoms with van der Waals surface area (Å²) in [5.74, 6) is -0.754. The molecule has 8 heteroatoms. The van der Waals surface area contributed by atoms with Crippen molar-refractivity contribution < 1.29 is 18.0 Å². The molecular formula is C31H39N3O4S. The summed E-state index contributed by atoms with van der Waals surface area (Å²) in [4.78, 5) is 28.7. The molecule has 0 aliphatic rings. The SMILES string of the molecule is CC[C@H](C)NC(=O)[C@H](C)N(Cc1ccccc1)C(=O)CN(c1cccc(C)c1C)S(=O)(=O)c1ccc(C)cc1. The Kier molecular flexibility index (Phi) is 9.92. The molecule has 208 valence electrons. The van der Waals surface area contributed by atoms with E-state index in [0.717, 1.165) is 28.7 Å². The highest BCUT2D eigenvalue weighted by molar-refractivity contribution is 7.92. The number of carbonyl (C=O) groups excluding carboxylic acids is 2. The number of aryl methyl sites for hydroxylation is 2. The highest BCUT2D eigenvalue weighted by atomic mass is 32.2. The lowest BCUT2D eigenvalue weighted by Crippen LogP contribution is -2.52. The summed E-state index contributed by atoms with van der Waals surface area (Å²) in [5.41, 5.74) is 3.87. The second kappa shape index (κ2) is 12.9. The molecule has 0 bridgehead atoms. The molecule has 0 saturated carbocycles. The summed E-state index contributed by atoms with van der Waals surface area (Å²) in [6.07, 6.45) is 0.750. The van der Waals surface area contributed by atoms with Gasteiger partial charge < -0.3 is 10.2 Å². The molecule has 3 aromatic carbocycles. The normalized spacial score (nSPS) is 12.9. The summed E-state index contributed by atoms with van der Waals surface area (Å²) < 4.78 is 29.1. The first kappa shape index (κ1) is 29.9. The van der Waals surface area contributed by atoms with E-state index in [1.165, 1.54) is 9.21 Å². The number of anilines is 1. The molecule has 0 aliphatic heterocycles. The fraction of sp³-hybridized carbons (Fsp3) is 0.355. The molecule has 0 unspecified atom stereocenters. The number of nitrogens with zero attached hydrogens (tertiary/aromatic N) is 2. The summed E-state index contributed by atoms with van der Waals surface area (Å²) in [7, 11) is -4.10. The number of nitrogens with one attached hydrogen (secondary N) is 1. The van der Waals surface area contributed by atoms with E-state index in [9.17, 15) is 18.0 Å². The number of sulfonamides is 1. The fourth-order valence-electron chi connectivity index (χ4n) is 4.18. The molecule has 0 aliphatic carbocycles. The van der Waals surface area contributed by atoms with Crippen LogP contribution in [-0.2, 0) is 26.2 Å². The standard InChI is InChI=1S/C31H39N3O4S/c1-7-24(4)32-31(36)26(6)33(20-27-13-9-8-10-14-27)30(35)21-34(29-15-11-12-23(3)25(29)5)39(37,38)28-18-16-22(2)17-19-28/h8-19,24,26H,7,20-21H2,1-6H3,(H,32,36)/t24-,26-/m0/s1. The van der Waals surface area contributed by atoms with Crippen molar-refractivity contribution in [1.29, 1.82) is 0 Å². The van der Waals surface area contributed by atoms with Gasteiger partial charge in [-0.05, 0) is 75.9 Å². The minimum Gasteiger partial charge on any atom is -0.352 e. The van der Waals surface area contributed by atoms with E-state index in [-0.39, 0.29) is 23.4 Å². The lowest BCUT2D eigenvalue weighted by atomic mass is 10.1. The third-order valence-corrected chi connectivity index (χ3v) is 8.87. The lowest BCUT2D eigenvalue weighted by molar-refractivity contribution is -0.139. The predicted molar refractivity (Wildman–Crippen MR) is 156 cm³/mol. The van der Waals surface area contributed by atoms with Gasteiger partial charge in [-0.15, -0.1) is 0 Å². The van der Waals surface area contributed by atoms with E-state index in [1.54, 1.807) is 43.3 Å². The van der Waals surface area contributed by atoms with E-state index in [0.29, 0.717) is 5.69 Å². The molecule has 2 atom stereocenters. The minimum absolute atomic E-state index is 0.0537. The zero-order chi connectivity index (χ0) is 28.7. The molecule has 2 amide bonds. The molecule has 0 heterocycles. The van der Waals surface area contributed by atoms with Crippen molar-refractivity contribution in [3.63, 3.8) is 0 Å². The van der Waals surface area contributed by atoms with Gasteiger partial charge in [0.15, 0.2) is 0 Å². The third kappa shape index (κ3) is 7.26. The van der Waals surface area contributed by atoms with Gasteiger partial charge in [-0.3, -0.25) is 13.9 Å². The van der Waals surface area contributed by atoms with Crippen molar-refractivity contribution in [2.45, 2.75) is 71.5 Å². The van der Waals surface area contributed by atoms with E-state index in [1.807, 2.05) is 71.0 Å². The van der Waals surface area contributed by atoms with Crippen molar-refractivity contribution in [3.05, 3.63) is 95.1 Å². The second-order valence-corrected chi connectivity index (χ2v) is 11.9. The first-order valence-corrected chi connectivity index (χ1v) is 14.7. The van der Waals surface area contributed by atoms with E-state index >= 15 is 0 Å². The summed E-state index contributed by atoms with van der Waals surface area (Å²) >= 11 is 0.